The number of carbonyl (C=O) groups is 2. The van der Waals surface area contributed by atoms with Crippen LogP contribution in [0.1, 0.15) is 170 Å². The Bertz CT molecular complexity index is 3450. The van der Waals surface area contributed by atoms with Crippen LogP contribution in [0.5, 0.6) is 5.75 Å². The third-order valence-corrected chi connectivity index (χ3v) is 23.7. The average Bonchev–Trinajstić information content (AvgIpc) is 0.938. The number of nitriles is 2. The topological polar surface area (TPSA) is 197 Å². The molecule has 21 heteroatoms. The van der Waals surface area contributed by atoms with Crippen molar-refractivity contribution in [3.8, 4) is 42.6 Å². The number of terminal acetylenes is 2. The number of aryl methyl sites for hydroxylation is 1. The molecule has 14 atom stereocenters. The molecule has 2 N–H and O–H groups in total. The molecule has 8 aliphatic rings. The lowest BCUT2D eigenvalue weighted by atomic mass is 9.77. The van der Waals surface area contributed by atoms with Crippen LogP contribution in [-0.2, 0) is 9.53 Å². The van der Waals surface area contributed by atoms with Gasteiger partial charge in [-0.05, 0) is 165 Å². The number of rotatable bonds is 12. The first kappa shape index (κ1) is 85.5. The molecule has 0 aliphatic carbocycles. The number of hydrogen-bond acceptors (Lipinski definition) is 14. The second kappa shape index (κ2) is 40.5. The van der Waals surface area contributed by atoms with Gasteiger partial charge in [0.15, 0.2) is 5.82 Å². The SMILES string of the molecule is C#Cc1ccc(N2CC[C@@H](C(C)C)[C@@H](F)C2)nc1.C#Cc1ccc(N2CC[C@@H](C(C)C)[C@H](F)C2)nc1.CC(C)C1COc2ccccc2C1C(N)=O.CC(C)[C@H]1CN(C(=O)N2C[C@@H](F)C[C@H]2C#N)CCC1C.CC(C)[C@H]1CN(C2(CC#N)COC2)CC[C@H]1C.Cc1ccc(N2CC[C@@H](C(C)C)[C@@H](F)C2)nn1. The highest BCUT2D eigenvalue weighted by atomic mass is 19.1. The number of carbonyl (C=O) groups excluding carboxylic acids is 2. The fourth-order valence-electron chi connectivity index (χ4n) is 16.6. The van der Waals surface area contributed by atoms with Gasteiger partial charge in [-0.1, -0.05) is 127 Å². The number of hydrogen-bond donors (Lipinski definition) is 1. The molecule has 7 fully saturated rings. The van der Waals surface area contributed by atoms with E-state index in [4.69, 9.17) is 38.6 Å². The normalized spacial score (nSPS) is 27.6. The van der Waals surface area contributed by atoms with Gasteiger partial charge >= 0.3 is 6.03 Å². The molecule has 3 unspecified atom stereocenters. The van der Waals surface area contributed by atoms with Crippen LogP contribution in [-0.4, -0.2) is 175 Å². The molecule has 0 radical (unpaired) electrons. The maximum absolute atomic E-state index is 14.1. The second-order valence-corrected chi connectivity index (χ2v) is 32.9. The van der Waals surface area contributed by atoms with Crippen molar-refractivity contribution in [2.45, 2.75) is 191 Å². The quantitative estimate of drug-likeness (QED) is 0.104. The first-order chi connectivity index (χ1) is 50.4. The number of likely N-dealkylation sites (tertiary alicyclic amines) is 3. The monoisotopic (exact) mass is 1470 g/mol. The van der Waals surface area contributed by atoms with Crippen LogP contribution in [0, 0.1) is 137 Å². The van der Waals surface area contributed by atoms with Crippen LogP contribution in [0.25, 0.3) is 0 Å². The van der Waals surface area contributed by atoms with Gasteiger partial charge in [0, 0.05) is 80.7 Å². The molecule has 4 aromatic rings. The summed E-state index contributed by atoms with van der Waals surface area (Å²) in [6.45, 7) is 42.0. The van der Waals surface area contributed by atoms with Crippen LogP contribution >= 0.6 is 0 Å². The number of primary amides is 1. The van der Waals surface area contributed by atoms with Crippen molar-refractivity contribution in [1.82, 2.24) is 34.9 Å². The summed E-state index contributed by atoms with van der Waals surface area (Å²) in [4.78, 5) is 44.5. The molecule has 1 aromatic carbocycles. The average molecular weight is 1470 g/mol. The first-order valence-corrected chi connectivity index (χ1v) is 39.1. The van der Waals surface area contributed by atoms with Gasteiger partial charge < -0.3 is 39.7 Å². The van der Waals surface area contributed by atoms with E-state index in [0.29, 0.717) is 74.1 Å². The van der Waals surface area contributed by atoms with Gasteiger partial charge in [-0.3, -0.25) is 9.69 Å². The smallest absolute Gasteiger partial charge is 0.321 e. The zero-order chi connectivity index (χ0) is 77.7. The van der Waals surface area contributed by atoms with Crippen molar-refractivity contribution >= 4 is 29.4 Å². The number of urea groups is 1. The number of aromatic nitrogens is 4. The largest absolute Gasteiger partial charge is 0.493 e. The van der Waals surface area contributed by atoms with Crippen molar-refractivity contribution in [3.63, 3.8) is 0 Å². The van der Waals surface area contributed by atoms with Crippen LogP contribution < -0.4 is 25.2 Å². The van der Waals surface area contributed by atoms with Crippen LogP contribution in [0.3, 0.4) is 0 Å². The van der Waals surface area contributed by atoms with Gasteiger partial charge in [0.1, 0.15) is 48.1 Å². The minimum Gasteiger partial charge on any atom is -0.493 e. The molecule has 3 amide bonds. The van der Waals surface area contributed by atoms with E-state index in [0.717, 1.165) is 148 Å². The Hall–Kier alpha value is -7.72. The lowest BCUT2D eigenvalue weighted by Gasteiger charge is -2.53. The highest BCUT2D eigenvalue weighted by molar-refractivity contribution is 5.83. The van der Waals surface area contributed by atoms with Gasteiger partial charge in [-0.2, -0.15) is 15.6 Å². The van der Waals surface area contributed by atoms with Gasteiger partial charge in [0.05, 0.1) is 81.7 Å². The second-order valence-electron chi connectivity index (χ2n) is 32.9. The van der Waals surface area contributed by atoms with Crippen LogP contribution in [0.4, 0.5) is 39.8 Å². The Morgan fingerprint density at radius 2 is 1.06 bits per heavy atom. The summed E-state index contributed by atoms with van der Waals surface area (Å²) in [7, 11) is 0. The number of pyridine rings is 2. The number of fused-ring (bicyclic) bond motifs is 1. The molecular weight excluding hydrogens is 1340 g/mol. The molecule has 0 saturated carbocycles. The predicted octanol–water partition coefficient (Wildman–Crippen LogP) is 15.2. The standard InChI is InChI=1S/C15H24FN3O.2C15H19FN2.C14H24N2O.C13H20FN3.C13H17NO2/c1-10(2)14-9-18(5-4-11(14)3)15(20)19-8-12(16)6-13(19)7-17;2*1-4-12-5-6-15(17-9-12)18-8-7-13(11(2)3)14(16)10-18;1-11(2)13-8-16(7-4-12(13)3)14(5-6-15)9-17-10-14;1-9(2)11-6-7-17(8-12(11)14)13-5-4-10(3)15-16-13;1-8(2)10-7-16-11-6-4-3-5-9(11)12(10)13(14)15/h10-14H,4-6,8-9H2,1-3H3;2*1,5-6,9,11,13-14H,7-8,10H2,2-3H3;11-13H,4-5,7-10H2,1-3H3;4-5,9,11-12H,6-8H2,1-3H3;3-6,8,10,12H,7H2,1-2H3,(H2,14,15)/t11?,12-,13-,14+;13-,14+;13-,14-;12-,13-;11-,12-;/m00010./s1. The molecule has 12 rings (SSSR count). The van der Waals surface area contributed by atoms with E-state index in [1.807, 2.05) is 93.3 Å². The number of para-hydroxylation sites is 1. The van der Waals surface area contributed by atoms with E-state index in [2.05, 4.69) is 140 Å². The van der Waals surface area contributed by atoms with E-state index < -0.39 is 30.7 Å². The summed E-state index contributed by atoms with van der Waals surface area (Å²) in [5.74, 6) is 14.0. The van der Waals surface area contributed by atoms with E-state index >= 15 is 0 Å². The molecular formula is C85H123F4N13O4. The number of amides is 3. The summed E-state index contributed by atoms with van der Waals surface area (Å²) in [6.07, 6.45) is 16.2. The van der Waals surface area contributed by atoms with E-state index in [1.54, 1.807) is 12.4 Å². The number of anilines is 3. The molecule has 11 heterocycles. The Morgan fingerprint density at radius 1 is 0.585 bits per heavy atom. The zero-order valence-corrected chi connectivity index (χ0v) is 66.1. The van der Waals surface area contributed by atoms with Gasteiger partial charge in [0.25, 0.3) is 0 Å². The minimum absolute atomic E-state index is 0.0437. The van der Waals surface area contributed by atoms with Crippen molar-refractivity contribution < 1.29 is 36.6 Å². The molecule has 7 saturated heterocycles. The fourth-order valence-corrected chi connectivity index (χ4v) is 16.6. The number of halogens is 4. The number of benzene rings is 1. The molecule has 0 bridgehead atoms. The number of nitrogens with two attached hydrogens (primary N) is 1. The predicted molar refractivity (Wildman–Crippen MR) is 416 cm³/mol. The van der Waals surface area contributed by atoms with E-state index in [1.165, 1.54) is 11.3 Å². The van der Waals surface area contributed by atoms with Gasteiger partial charge in [-0.15, -0.1) is 17.9 Å². The third kappa shape index (κ3) is 22.9. The number of nitrogens with zero attached hydrogens (tertiary/aromatic N) is 12. The fraction of sp³-hybridized carbons (Fsp3) is 0.671. The number of ether oxygens (including phenoxy) is 2. The molecule has 0 spiro atoms. The lowest BCUT2D eigenvalue weighted by Crippen LogP contribution is -2.65. The molecule has 17 nitrogen and oxygen atoms in total. The summed E-state index contributed by atoms with van der Waals surface area (Å²) in [5.41, 5.74) is 8.90. The van der Waals surface area contributed by atoms with Crippen molar-refractivity contribution in [3.05, 3.63) is 95.4 Å². The highest BCUT2D eigenvalue weighted by Crippen LogP contribution is 2.41. The highest BCUT2D eigenvalue weighted by Gasteiger charge is 2.47. The Morgan fingerprint density at radius 3 is 1.46 bits per heavy atom. The first-order valence-electron chi connectivity index (χ1n) is 39.1. The number of alkyl halides is 4. The summed E-state index contributed by atoms with van der Waals surface area (Å²) >= 11 is 0. The Kier molecular flexibility index (Phi) is 32.7. The molecule has 106 heavy (non-hydrogen) atoms. The van der Waals surface area contributed by atoms with Crippen molar-refractivity contribution in [2.75, 3.05) is 107 Å². The summed E-state index contributed by atoms with van der Waals surface area (Å²) < 4.78 is 66.7. The van der Waals surface area contributed by atoms with Crippen molar-refractivity contribution in [2.24, 2.45) is 88.6 Å². The van der Waals surface area contributed by atoms with Crippen molar-refractivity contribution in [1.29, 1.82) is 10.5 Å². The van der Waals surface area contributed by atoms with Gasteiger partial charge in [-0.25, -0.2) is 32.3 Å². The maximum Gasteiger partial charge on any atom is 0.321 e. The lowest BCUT2D eigenvalue weighted by molar-refractivity contribution is -0.154. The summed E-state index contributed by atoms with van der Waals surface area (Å²) in [5, 5.41) is 26.2. The van der Waals surface area contributed by atoms with E-state index in [-0.39, 0.29) is 60.0 Å². The van der Waals surface area contributed by atoms with Crippen LogP contribution in [0.15, 0.2) is 73.1 Å². The molecule has 580 valence electrons. The van der Waals surface area contributed by atoms with Gasteiger partial charge in [0.2, 0.25) is 5.91 Å². The van der Waals surface area contributed by atoms with Crippen LogP contribution in [0.2, 0.25) is 0 Å². The van der Waals surface area contributed by atoms with E-state index in [9.17, 15) is 27.2 Å². The zero-order valence-electron chi connectivity index (χ0n) is 66.1. The minimum atomic E-state index is -1.06. The molecule has 8 aliphatic heterocycles. The third-order valence-electron chi connectivity index (χ3n) is 23.7. The summed E-state index contributed by atoms with van der Waals surface area (Å²) in [6, 6.07) is 22.6. The molecule has 3 aromatic heterocycles. The number of piperidine rings is 5. The maximum atomic E-state index is 14.1. The Labute approximate surface area is 632 Å². The Balaban J connectivity index is 0.000000178.